The summed E-state index contributed by atoms with van der Waals surface area (Å²) in [6, 6.07) is 3.95. The van der Waals surface area contributed by atoms with Gasteiger partial charge in [0.15, 0.2) is 5.13 Å². The van der Waals surface area contributed by atoms with Gasteiger partial charge in [-0.25, -0.2) is 26.5 Å². The summed E-state index contributed by atoms with van der Waals surface area (Å²) in [7, 11) is -1.04. The van der Waals surface area contributed by atoms with Crippen molar-refractivity contribution in [3.8, 4) is 0 Å². The molecular formula is C17H20F2N4O3S2. The van der Waals surface area contributed by atoms with E-state index in [4.69, 9.17) is 0 Å². The molecule has 1 fully saturated rings. The zero-order chi connectivity index (χ0) is 20.7. The molecule has 2 aromatic rings. The molecule has 2 heterocycles. The maximum atomic E-state index is 13.7. The summed E-state index contributed by atoms with van der Waals surface area (Å²) in [4.78, 5) is 18.3. The van der Waals surface area contributed by atoms with Gasteiger partial charge in [0, 0.05) is 38.1 Å². The molecule has 7 nitrogen and oxygen atoms in total. The quantitative estimate of drug-likeness (QED) is 0.789. The largest absolute Gasteiger partial charge is 0.365 e. The van der Waals surface area contributed by atoms with Crippen LogP contribution in [0.3, 0.4) is 0 Å². The van der Waals surface area contributed by atoms with Gasteiger partial charge >= 0.3 is 0 Å². The van der Waals surface area contributed by atoms with Crippen LogP contribution in [0, 0.1) is 6.92 Å². The van der Waals surface area contributed by atoms with E-state index in [0.29, 0.717) is 5.13 Å². The molecule has 1 aromatic carbocycles. The average Bonchev–Trinajstić information content (AvgIpc) is 3.18. The minimum atomic E-state index is -3.79. The fourth-order valence-corrected chi connectivity index (χ4v) is 4.47. The summed E-state index contributed by atoms with van der Waals surface area (Å²) in [6.07, 6.45) is -0.322. The van der Waals surface area contributed by atoms with Crippen LogP contribution in [0.5, 0.6) is 0 Å². The normalized spacial score (nSPS) is 16.6. The lowest BCUT2D eigenvalue weighted by molar-refractivity contribution is 0.0257. The van der Waals surface area contributed by atoms with Gasteiger partial charge in [-0.1, -0.05) is 0 Å². The van der Waals surface area contributed by atoms with Crippen LogP contribution in [0.15, 0.2) is 28.5 Å². The van der Waals surface area contributed by atoms with E-state index in [1.54, 1.807) is 12.3 Å². The van der Waals surface area contributed by atoms with E-state index in [9.17, 15) is 22.0 Å². The first-order valence-electron chi connectivity index (χ1n) is 8.42. The highest BCUT2D eigenvalue weighted by Crippen LogP contribution is 2.34. The maximum Gasteiger partial charge on any atom is 0.266 e. The molecule has 0 aliphatic carbocycles. The molecule has 11 heteroatoms. The molecule has 1 saturated heterocycles. The van der Waals surface area contributed by atoms with E-state index < -0.39 is 28.4 Å². The summed E-state index contributed by atoms with van der Waals surface area (Å²) >= 11 is 1.22. The van der Waals surface area contributed by atoms with Crippen LogP contribution >= 0.6 is 11.3 Å². The molecule has 0 radical (unpaired) electrons. The summed E-state index contributed by atoms with van der Waals surface area (Å²) in [5, 5.41) is 4.72. The number of aromatic nitrogens is 1. The number of carbonyl (C=O) groups excluding carboxylic acids is 1. The number of thiazole rings is 1. The fraction of sp³-hybridized carbons (Fsp3) is 0.412. The van der Waals surface area contributed by atoms with E-state index in [-0.39, 0.29) is 29.1 Å². The van der Waals surface area contributed by atoms with Crippen molar-refractivity contribution in [1.29, 1.82) is 0 Å². The molecular weight excluding hydrogens is 410 g/mol. The van der Waals surface area contributed by atoms with Crippen LogP contribution in [0.4, 0.5) is 19.6 Å². The number of halogens is 2. The summed E-state index contributed by atoms with van der Waals surface area (Å²) in [5.41, 5.74) is 0.998. The number of aryl methyl sites for hydroxylation is 1. The first-order valence-corrected chi connectivity index (χ1v) is 10.7. The van der Waals surface area contributed by atoms with Crippen LogP contribution in [0.1, 0.15) is 22.5 Å². The fourth-order valence-electron chi connectivity index (χ4n) is 2.86. The number of amides is 1. The van der Waals surface area contributed by atoms with Crippen molar-refractivity contribution >= 4 is 38.1 Å². The lowest BCUT2D eigenvalue weighted by atomic mass is 10.1. The number of hydrogen-bond donors (Lipinski definition) is 1. The minimum absolute atomic E-state index is 0.00785. The van der Waals surface area contributed by atoms with Crippen molar-refractivity contribution in [2.75, 3.05) is 37.4 Å². The Morgan fingerprint density at radius 3 is 2.61 bits per heavy atom. The summed E-state index contributed by atoms with van der Waals surface area (Å²) in [5.74, 6) is -3.45. The van der Waals surface area contributed by atoms with Crippen LogP contribution in [-0.4, -0.2) is 56.7 Å². The molecule has 28 heavy (non-hydrogen) atoms. The molecule has 0 atom stereocenters. The molecule has 1 aromatic heterocycles. The second kappa shape index (κ2) is 7.37. The monoisotopic (exact) mass is 430 g/mol. The van der Waals surface area contributed by atoms with Gasteiger partial charge in [-0.2, -0.15) is 0 Å². The lowest BCUT2D eigenvalue weighted by Gasteiger charge is -2.22. The third-order valence-electron chi connectivity index (χ3n) is 4.34. The molecule has 1 N–H and O–H groups in total. The summed E-state index contributed by atoms with van der Waals surface area (Å²) < 4.78 is 53.3. The molecule has 3 rings (SSSR count). The SMILES string of the molecule is Cc1csc(NC(=O)c2cc(S(=O)(=O)N(C)C)ccc2N2CCC(F)(F)C2)n1. The second-order valence-corrected chi connectivity index (χ2v) is 9.75. The number of anilines is 2. The predicted octanol–water partition coefficient (Wildman–Crippen LogP) is 2.80. The van der Waals surface area contributed by atoms with Crippen molar-refractivity contribution in [2.45, 2.75) is 24.2 Å². The Morgan fingerprint density at radius 2 is 2.07 bits per heavy atom. The van der Waals surface area contributed by atoms with E-state index in [1.165, 1.54) is 48.5 Å². The van der Waals surface area contributed by atoms with Gasteiger partial charge in [0.05, 0.1) is 22.7 Å². The number of nitrogens with zero attached hydrogens (tertiary/aromatic N) is 3. The van der Waals surface area contributed by atoms with E-state index >= 15 is 0 Å². The summed E-state index contributed by atoms with van der Waals surface area (Å²) in [6.45, 7) is 1.32. The number of hydrogen-bond acceptors (Lipinski definition) is 6. The second-order valence-electron chi connectivity index (χ2n) is 6.74. The van der Waals surface area contributed by atoms with Crippen molar-refractivity contribution in [1.82, 2.24) is 9.29 Å². The Morgan fingerprint density at radius 1 is 1.36 bits per heavy atom. The van der Waals surface area contributed by atoms with Gasteiger partial charge in [-0.15, -0.1) is 11.3 Å². The molecule has 0 saturated carbocycles. The maximum absolute atomic E-state index is 13.7. The molecule has 0 bridgehead atoms. The number of alkyl halides is 2. The highest BCUT2D eigenvalue weighted by atomic mass is 32.2. The predicted molar refractivity (Wildman–Crippen MR) is 104 cm³/mol. The van der Waals surface area contributed by atoms with Gasteiger partial charge < -0.3 is 4.90 Å². The van der Waals surface area contributed by atoms with E-state index in [2.05, 4.69) is 10.3 Å². The Balaban J connectivity index is 2.03. The first-order chi connectivity index (χ1) is 13.0. The molecule has 1 amide bonds. The third kappa shape index (κ3) is 4.15. The number of benzene rings is 1. The average molecular weight is 431 g/mol. The Kier molecular flexibility index (Phi) is 5.43. The number of nitrogens with one attached hydrogen (secondary N) is 1. The van der Waals surface area contributed by atoms with Crippen molar-refractivity contribution in [3.05, 3.63) is 34.8 Å². The van der Waals surface area contributed by atoms with E-state index in [0.717, 1.165) is 10.00 Å². The van der Waals surface area contributed by atoms with Crippen LogP contribution < -0.4 is 10.2 Å². The number of rotatable bonds is 5. The van der Waals surface area contributed by atoms with Crippen molar-refractivity contribution in [2.24, 2.45) is 0 Å². The van der Waals surface area contributed by atoms with Crippen LogP contribution in [0.25, 0.3) is 0 Å². The van der Waals surface area contributed by atoms with Crippen LogP contribution in [-0.2, 0) is 10.0 Å². The first kappa shape index (κ1) is 20.6. The molecule has 152 valence electrons. The van der Waals surface area contributed by atoms with Gasteiger partial charge in [0.1, 0.15) is 0 Å². The van der Waals surface area contributed by atoms with Gasteiger partial charge in [-0.3, -0.25) is 10.1 Å². The molecule has 1 aliphatic heterocycles. The Labute approximate surface area is 166 Å². The van der Waals surface area contributed by atoms with Crippen molar-refractivity contribution in [3.63, 3.8) is 0 Å². The zero-order valence-electron chi connectivity index (χ0n) is 15.6. The molecule has 0 spiro atoms. The minimum Gasteiger partial charge on any atom is -0.365 e. The number of carbonyl (C=O) groups is 1. The smallest absolute Gasteiger partial charge is 0.266 e. The molecule has 1 aliphatic rings. The Bertz CT molecular complexity index is 1010. The zero-order valence-corrected chi connectivity index (χ0v) is 17.2. The standard InChI is InChI=1S/C17H20F2N4O3S2/c1-11-9-27-16(20-11)21-15(24)13-8-12(28(25,26)22(2)3)4-5-14(13)23-7-6-17(18,19)10-23/h4-5,8-9H,6-7,10H2,1-3H3,(H,20,21,24). The van der Waals surface area contributed by atoms with Gasteiger partial charge in [0.2, 0.25) is 10.0 Å². The topological polar surface area (TPSA) is 82.6 Å². The van der Waals surface area contributed by atoms with Gasteiger partial charge in [0.25, 0.3) is 11.8 Å². The Hall–Kier alpha value is -2.11. The number of sulfonamides is 1. The third-order valence-corrected chi connectivity index (χ3v) is 7.03. The van der Waals surface area contributed by atoms with Crippen LogP contribution in [0.2, 0.25) is 0 Å². The molecule has 0 unspecified atom stereocenters. The van der Waals surface area contributed by atoms with E-state index in [1.807, 2.05) is 0 Å². The van der Waals surface area contributed by atoms with Crippen molar-refractivity contribution < 1.29 is 22.0 Å². The lowest BCUT2D eigenvalue weighted by Crippen LogP contribution is -2.28. The highest BCUT2D eigenvalue weighted by molar-refractivity contribution is 7.89. The van der Waals surface area contributed by atoms with Gasteiger partial charge in [-0.05, 0) is 25.1 Å². The highest BCUT2D eigenvalue weighted by Gasteiger charge is 2.39.